The SMILES string of the molecule is CC1(F)C[C@@H](COP(=O)(O)OP(=O)(O)OP(=O)(O)O)O[C@H]1n1cc(F)c(=S)[nH]c1=O.CC1(F)C[C@@H](COP(=O)(O)OP(=O)(O)OP(=O)(O)O)O[C@H]1n1ccc(=O)[nH]c1=S.CC1(F)C[C@@H](COP(=O)(O)OP(=O)(O)OP(=O)(O)O)O[C@H]1n1ccc(=S)[nH]c1=O.CC1(F)C[C@@H](COP(=O)(O)OP(=O)(O)OP(=O)(O)O)O[C@H]1n1ccc(=S)[nH]c1=S.CC1(F)C[C@@H](COP(=O)(O)OP(=O)(O)OP(=O)(O)O)O[C@H]1n1ccc(N)nc1=S. The molecule has 0 aliphatic carbocycles. The monoisotopic (exact) mass is 2530 g/mol. The van der Waals surface area contributed by atoms with E-state index in [9.17, 15) is 134 Å². The lowest BCUT2D eigenvalue weighted by molar-refractivity contribution is -0.0608. The number of hydrogen-bond donors (Lipinski definition) is 25. The van der Waals surface area contributed by atoms with Crippen LogP contribution in [0.25, 0.3) is 0 Å². The summed E-state index contributed by atoms with van der Waals surface area (Å²) in [5.41, 5.74) is -7.27. The van der Waals surface area contributed by atoms with Crippen molar-refractivity contribution in [1.29, 1.82) is 0 Å². The zero-order valence-corrected chi connectivity index (χ0v) is 90.5. The molecule has 25 atom stereocenters. The molecule has 0 amide bonds. The van der Waals surface area contributed by atoms with Crippen molar-refractivity contribution in [3.8, 4) is 0 Å². The fraction of sp³-hybridized carbons (Fsp3) is 0.600. The van der Waals surface area contributed by atoms with E-state index in [0.29, 0.717) is 15.4 Å². The summed E-state index contributed by atoms with van der Waals surface area (Å²) in [5, 5.41) is 0. The maximum Gasteiger partial charge on any atom is 0.490 e. The lowest BCUT2D eigenvalue weighted by Gasteiger charge is -2.23. The Labute approximate surface area is 837 Å². The van der Waals surface area contributed by atoms with Crippen molar-refractivity contribution in [2.75, 3.05) is 38.8 Å². The first kappa shape index (κ1) is 132. The Kier molecular flexibility index (Phi) is 44.9. The third-order valence-corrected chi connectivity index (χ3v) is 37.8. The molecule has 15 unspecified atom stereocenters. The van der Waals surface area contributed by atoms with Gasteiger partial charge in [0.25, 0.3) is 5.56 Å². The summed E-state index contributed by atoms with van der Waals surface area (Å²) < 4.78 is 345. The van der Waals surface area contributed by atoms with Crippen molar-refractivity contribution in [3.05, 3.63) is 121 Å². The first-order valence-electron chi connectivity index (χ1n) is 37.3. The van der Waals surface area contributed by atoms with Gasteiger partial charge in [-0.3, -0.25) is 65.2 Å². The molecule has 0 spiro atoms. The molecule has 836 valence electrons. The molecule has 96 heteroatoms. The number of hydrogen-bond acceptors (Lipinski definition) is 46. The molecule has 26 N–H and O–H groups in total. The summed E-state index contributed by atoms with van der Waals surface area (Å²) in [4.78, 5) is 225. The summed E-state index contributed by atoms with van der Waals surface area (Å²) in [6, 6.07) is 5.20. The van der Waals surface area contributed by atoms with Gasteiger partial charge in [0, 0.05) is 63.0 Å². The second-order valence-corrected chi connectivity index (χ2v) is 54.7. The maximum absolute atomic E-state index is 14.9. The van der Waals surface area contributed by atoms with E-state index in [1.807, 2.05) is 4.98 Å². The fourth-order valence-electron chi connectivity index (χ4n) is 12.3. The van der Waals surface area contributed by atoms with Gasteiger partial charge in [-0.1, -0.05) is 36.7 Å². The van der Waals surface area contributed by atoms with E-state index in [2.05, 4.69) is 97.9 Å². The van der Waals surface area contributed by atoms with Gasteiger partial charge in [0.05, 0.1) is 69.8 Å². The Bertz CT molecular complexity index is 6590. The number of phosphoric acid groups is 15. The van der Waals surface area contributed by atoms with Crippen LogP contribution in [0.3, 0.4) is 0 Å². The zero-order chi connectivity index (χ0) is 112. The molecule has 5 aliphatic rings. The number of nitrogens with one attached hydrogen (secondary N) is 4. The number of nitrogen functional groups attached to an aromatic ring is 1. The lowest BCUT2D eigenvalue weighted by atomic mass is 10.0. The van der Waals surface area contributed by atoms with Gasteiger partial charge in [0.15, 0.2) is 74.8 Å². The van der Waals surface area contributed by atoms with Crippen LogP contribution in [0.2, 0.25) is 0 Å². The van der Waals surface area contributed by atoms with Crippen LogP contribution >= 0.6 is 191 Å². The molecular formula is C50H80F6N11O58P15S6. The van der Waals surface area contributed by atoms with Crippen molar-refractivity contribution in [2.24, 2.45) is 0 Å². The minimum atomic E-state index is -5.72. The van der Waals surface area contributed by atoms with E-state index in [1.165, 1.54) is 66.0 Å². The molecule has 0 saturated carbocycles. The average Bonchev–Trinajstić information content (AvgIpc) is 1.70. The van der Waals surface area contributed by atoms with Gasteiger partial charge in [-0.05, 0) is 89.5 Å². The number of phosphoric ester groups is 5. The largest absolute Gasteiger partial charge is 0.490 e. The number of anilines is 1. The summed E-state index contributed by atoms with van der Waals surface area (Å²) in [7, 11) is -82.8. The van der Waals surface area contributed by atoms with E-state index in [-0.39, 0.29) is 44.0 Å². The molecule has 0 radical (unpaired) electrons. The summed E-state index contributed by atoms with van der Waals surface area (Å²) in [5.74, 6) is -0.935. The molecule has 146 heavy (non-hydrogen) atoms. The Hall–Kier alpha value is -2.65. The maximum atomic E-state index is 14.9. The van der Waals surface area contributed by atoms with Crippen molar-refractivity contribution in [1.82, 2.24) is 47.8 Å². The van der Waals surface area contributed by atoms with Crippen molar-refractivity contribution in [3.63, 3.8) is 0 Å². The minimum absolute atomic E-state index is 0.0694. The number of ether oxygens (including phenoxy) is 5. The highest BCUT2D eigenvalue weighted by Crippen LogP contribution is 2.72. The van der Waals surface area contributed by atoms with E-state index in [1.54, 1.807) is 0 Å². The van der Waals surface area contributed by atoms with Gasteiger partial charge in [-0.25, -0.2) is 109 Å². The van der Waals surface area contributed by atoms with Crippen LogP contribution in [0.4, 0.5) is 32.2 Å². The minimum Gasteiger partial charge on any atom is -0.384 e. The van der Waals surface area contributed by atoms with Crippen molar-refractivity contribution < 1.29 is 282 Å². The molecular weight excluding hydrogens is 2450 g/mol. The van der Waals surface area contributed by atoms with Gasteiger partial charge in [-0.15, -0.1) is 0 Å². The van der Waals surface area contributed by atoms with Gasteiger partial charge in [0.1, 0.15) is 19.7 Å². The number of H-pyrrole nitrogens is 4. The number of aromatic nitrogens is 10. The molecule has 0 aromatic carbocycles. The molecule has 5 aliphatic heterocycles. The number of rotatable bonds is 40. The van der Waals surface area contributed by atoms with E-state index >= 15 is 0 Å². The second kappa shape index (κ2) is 49.6. The molecule has 10 heterocycles. The van der Waals surface area contributed by atoms with Gasteiger partial charge in [0.2, 0.25) is 4.77 Å². The predicted octanol–water partition coefficient (Wildman–Crippen LogP) is 8.12. The molecule has 5 aromatic rings. The van der Waals surface area contributed by atoms with Crippen LogP contribution < -0.4 is 22.7 Å². The third kappa shape index (κ3) is 44.4. The smallest absolute Gasteiger partial charge is 0.384 e. The summed E-state index contributed by atoms with van der Waals surface area (Å²) in [6.45, 7) is 1.51. The van der Waals surface area contributed by atoms with Crippen LogP contribution in [-0.2, 0) is 158 Å². The van der Waals surface area contributed by atoms with E-state index in [0.717, 1.165) is 36.0 Å². The Morgan fingerprint density at radius 3 is 0.836 bits per heavy atom. The quantitative estimate of drug-likeness (QED) is 0.00999. The second-order valence-electron chi connectivity index (χ2n) is 30.1. The Balaban J connectivity index is 0.000000279. The van der Waals surface area contributed by atoms with Crippen LogP contribution in [0.15, 0.2) is 69.6 Å². The summed E-state index contributed by atoms with van der Waals surface area (Å²) >= 11 is 29.2. The molecule has 69 nitrogen and oxygen atoms in total. The number of nitrogens with zero attached hydrogens (tertiary/aromatic N) is 6. The van der Waals surface area contributed by atoms with Crippen LogP contribution in [0.5, 0.6) is 0 Å². The highest BCUT2D eigenvalue weighted by molar-refractivity contribution is 7.73. The van der Waals surface area contributed by atoms with Gasteiger partial charge >= 0.3 is 129 Å². The highest BCUT2D eigenvalue weighted by atomic mass is 32.1. The standard InChI is InChI=1S/C10H15F2N2O12P3S.C10H17FN3O11P3S.2C10H16FN2O12P3S.C10H16FN2O11P3S2/c1-10(12)2-5(24-8(10)14-3-6(11)7(30)13-9(14)15)4-23-28(19,20)26-29(21,22)25-27(16,17)18;1-10(11)4-6(23-8(10)14-3-2-7(12)13-9(14)29)5-22-27(18,19)25-28(20,21)24-26(15,16)17;1-10(11)4-6(23-8(10)13-3-2-7(29)12-9(13)14)5-22-27(18,19)25-28(20,21)24-26(15,16)17;1-10(11)4-6(23-8(10)13-3-2-7(14)12-9(13)29)5-22-27(18,19)25-28(20,21)24-26(15,16)17;1-10(11)4-6(22-8(10)13-3-2-7(28)12-9(13)29)5-21-26(17,18)24-27(19,20)23-25(14,15)16/h3,5,8H,2,4H2,1H3,(H,19,20)(H,21,22)(H,13,15,30)(H2,16,17,18);2-3,6,8H,4-5H2,1H3,(H,18,19)(H,20,21)(H2,12,13,29)(H2,15,16,17);2*2-3,6,8H,4-5H2,1H3,(H,18,19)(H,20,21)(H,12,14,29)(H2,15,16,17);2-3,6,8H,4-5H2,1H3,(H,17,18)(H,19,20)(H,12,28,29)(H2,14,15,16)/t5-,8+,10?;4*6-,8+,10?/m00000/s1. The van der Waals surface area contributed by atoms with Crippen LogP contribution in [0, 0.1) is 34.1 Å². The number of nitrogens with two attached hydrogens (primary N) is 1. The Morgan fingerprint density at radius 1 is 0.342 bits per heavy atom. The average molecular weight is 2530 g/mol. The molecule has 5 saturated heterocycles. The van der Waals surface area contributed by atoms with Crippen LogP contribution in [-0.4, -0.2) is 238 Å². The van der Waals surface area contributed by atoms with E-state index in [4.69, 9.17) is 164 Å². The van der Waals surface area contributed by atoms with Crippen molar-refractivity contribution in [2.45, 2.75) is 157 Å². The fourth-order valence-corrected chi connectivity index (χ4v) is 28.9. The number of aromatic amines is 4. The van der Waals surface area contributed by atoms with E-state index < -0.39 is 281 Å². The topological polar surface area (TPSA) is 1020 Å². The number of halogens is 6. The Morgan fingerprint density at radius 2 is 0.575 bits per heavy atom. The predicted molar refractivity (Wildman–Crippen MR) is 475 cm³/mol. The lowest BCUT2D eigenvalue weighted by Crippen LogP contribution is -2.36. The molecule has 0 bridgehead atoms. The first-order valence-corrected chi connectivity index (χ1v) is 62.4. The summed E-state index contributed by atoms with van der Waals surface area (Å²) in [6.07, 6.45) is -9.14. The van der Waals surface area contributed by atoms with Gasteiger partial charge < -0.3 is 132 Å². The molecule has 10 rings (SSSR count). The zero-order valence-electron chi connectivity index (χ0n) is 72.2. The van der Waals surface area contributed by atoms with Crippen LogP contribution in [0.1, 0.15) is 97.9 Å². The van der Waals surface area contributed by atoms with Gasteiger partial charge in [-0.2, -0.15) is 43.1 Å². The normalized spacial score (nSPS) is 29.2. The number of alkyl halides is 5. The third-order valence-electron chi connectivity index (χ3n) is 17.1. The first-order chi connectivity index (χ1) is 65.4. The van der Waals surface area contributed by atoms with Crippen molar-refractivity contribution >= 4 is 196 Å². The highest BCUT2D eigenvalue weighted by Gasteiger charge is 2.56. The molecule has 5 fully saturated rings. The molecule has 5 aromatic heterocycles.